The van der Waals surface area contributed by atoms with E-state index in [-0.39, 0.29) is 24.4 Å². The van der Waals surface area contributed by atoms with Crippen molar-refractivity contribution in [2.75, 3.05) is 13.6 Å². The number of aromatic hydroxyl groups is 1. The van der Waals surface area contributed by atoms with E-state index >= 15 is 0 Å². The topological polar surface area (TPSA) is 69.6 Å². The zero-order valence-electron chi connectivity index (χ0n) is 9.27. The van der Waals surface area contributed by atoms with Crippen molar-refractivity contribution in [2.45, 2.75) is 13.0 Å². The van der Waals surface area contributed by atoms with Crippen molar-refractivity contribution in [1.82, 2.24) is 9.03 Å². The number of halogens is 1. The van der Waals surface area contributed by atoms with Crippen molar-refractivity contribution >= 4 is 10.2 Å². The number of nitrogens with one attached hydrogen (secondary N) is 1. The molecule has 0 amide bonds. The smallest absolute Gasteiger partial charge is 0.279 e. The maximum Gasteiger partial charge on any atom is 0.279 e. The van der Waals surface area contributed by atoms with Crippen molar-refractivity contribution in [2.24, 2.45) is 0 Å². The van der Waals surface area contributed by atoms with E-state index in [1.165, 1.54) is 13.1 Å². The van der Waals surface area contributed by atoms with Crippen LogP contribution in [0.15, 0.2) is 12.1 Å². The summed E-state index contributed by atoms with van der Waals surface area (Å²) in [6, 6.07) is 2.43. The van der Waals surface area contributed by atoms with E-state index in [9.17, 15) is 17.9 Å². The van der Waals surface area contributed by atoms with Crippen LogP contribution in [-0.4, -0.2) is 31.4 Å². The number of fused-ring (bicyclic) bond motifs is 1. The van der Waals surface area contributed by atoms with Gasteiger partial charge in [-0.3, -0.25) is 0 Å². The lowest BCUT2D eigenvalue weighted by Crippen LogP contribution is -2.42. The van der Waals surface area contributed by atoms with Gasteiger partial charge in [-0.15, -0.1) is 0 Å². The number of benzene rings is 1. The fraction of sp³-hybridized carbons (Fsp3) is 0.400. The molecule has 94 valence electrons. The molecule has 1 heterocycles. The van der Waals surface area contributed by atoms with Gasteiger partial charge in [0.2, 0.25) is 0 Å². The molecule has 0 atom stereocenters. The van der Waals surface area contributed by atoms with Crippen molar-refractivity contribution in [3.63, 3.8) is 0 Å². The predicted octanol–water partition coefficient (Wildman–Crippen LogP) is 0.354. The molecule has 1 aromatic rings. The quantitative estimate of drug-likeness (QED) is 0.806. The molecule has 2 rings (SSSR count). The van der Waals surface area contributed by atoms with Gasteiger partial charge in [-0.25, -0.2) is 9.11 Å². The molecule has 1 aliphatic heterocycles. The highest BCUT2D eigenvalue weighted by atomic mass is 32.2. The van der Waals surface area contributed by atoms with Crippen molar-refractivity contribution in [1.29, 1.82) is 0 Å². The first kappa shape index (κ1) is 12.3. The Labute approximate surface area is 99.1 Å². The van der Waals surface area contributed by atoms with Crippen LogP contribution < -0.4 is 4.72 Å². The number of phenols is 1. The maximum atomic E-state index is 13.6. The van der Waals surface area contributed by atoms with Crippen LogP contribution in [0.1, 0.15) is 11.1 Å². The van der Waals surface area contributed by atoms with Gasteiger partial charge in [0.05, 0.1) is 0 Å². The van der Waals surface area contributed by atoms with Crippen LogP contribution in [0.4, 0.5) is 4.39 Å². The summed E-state index contributed by atoms with van der Waals surface area (Å²) in [5.41, 5.74) is 0.739. The van der Waals surface area contributed by atoms with Crippen molar-refractivity contribution < 1.29 is 17.9 Å². The zero-order chi connectivity index (χ0) is 12.6. The standard InChI is InChI=1S/C10H13FN2O3S/c1-12-17(15,16)13-5-4-7-8(6-13)9(11)2-3-10(7)14/h2-3,12,14H,4-6H2,1H3. The first-order chi connectivity index (χ1) is 7.95. The van der Waals surface area contributed by atoms with E-state index in [0.29, 0.717) is 12.0 Å². The van der Waals surface area contributed by atoms with Crippen LogP contribution >= 0.6 is 0 Å². The molecule has 0 saturated carbocycles. The molecule has 0 unspecified atom stereocenters. The molecule has 0 bridgehead atoms. The van der Waals surface area contributed by atoms with E-state index in [0.717, 1.165) is 10.4 Å². The Kier molecular flexibility index (Phi) is 3.07. The van der Waals surface area contributed by atoms with E-state index in [1.54, 1.807) is 0 Å². The minimum atomic E-state index is -3.56. The second-order valence-electron chi connectivity index (χ2n) is 3.82. The SMILES string of the molecule is CNS(=O)(=O)N1CCc2c(O)ccc(F)c2C1. The highest BCUT2D eigenvalue weighted by Gasteiger charge is 2.28. The number of hydrogen-bond acceptors (Lipinski definition) is 3. The largest absolute Gasteiger partial charge is 0.508 e. The number of hydrogen-bond donors (Lipinski definition) is 2. The van der Waals surface area contributed by atoms with Gasteiger partial charge in [0.1, 0.15) is 11.6 Å². The average molecular weight is 260 g/mol. The summed E-state index contributed by atoms with van der Waals surface area (Å²) in [6.45, 7) is 0.173. The molecule has 0 radical (unpaired) electrons. The highest BCUT2D eigenvalue weighted by molar-refractivity contribution is 7.87. The van der Waals surface area contributed by atoms with Crippen LogP contribution in [0, 0.1) is 5.82 Å². The van der Waals surface area contributed by atoms with Crippen molar-refractivity contribution in [3.05, 3.63) is 29.1 Å². The first-order valence-corrected chi connectivity index (χ1v) is 6.57. The molecule has 2 N–H and O–H groups in total. The molecule has 0 spiro atoms. The average Bonchev–Trinajstić information content (AvgIpc) is 2.33. The van der Waals surface area contributed by atoms with E-state index in [2.05, 4.69) is 4.72 Å². The molecule has 0 aromatic heterocycles. The normalized spacial score (nSPS) is 16.8. The highest BCUT2D eigenvalue weighted by Crippen LogP contribution is 2.29. The second kappa shape index (κ2) is 4.25. The molecule has 1 aliphatic rings. The lowest BCUT2D eigenvalue weighted by Gasteiger charge is -2.28. The van der Waals surface area contributed by atoms with Crippen LogP contribution in [0.2, 0.25) is 0 Å². The van der Waals surface area contributed by atoms with Crippen LogP contribution in [0.25, 0.3) is 0 Å². The van der Waals surface area contributed by atoms with Crippen molar-refractivity contribution in [3.8, 4) is 5.75 Å². The lowest BCUT2D eigenvalue weighted by atomic mass is 9.99. The Balaban J connectivity index is 2.40. The number of rotatable bonds is 2. The molecule has 5 nitrogen and oxygen atoms in total. The van der Waals surface area contributed by atoms with E-state index < -0.39 is 16.0 Å². The van der Waals surface area contributed by atoms with Gasteiger partial charge in [0, 0.05) is 31.3 Å². The fourth-order valence-electron chi connectivity index (χ4n) is 1.93. The third kappa shape index (κ3) is 2.13. The molecular weight excluding hydrogens is 247 g/mol. The fourth-order valence-corrected chi connectivity index (χ4v) is 2.82. The summed E-state index contributed by atoms with van der Waals surface area (Å²) in [5.74, 6) is -0.475. The van der Waals surface area contributed by atoms with Gasteiger partial charge in [-0.1, -0.05) is 0 Å². The van der Waals surface area contributed by atoms with Gasteiger partial charge in [-0.2, -0.15) is 12.7 Å². The summed E-state index contributed by atoms with van der Waals surface area (Å²) >= 11 is 0. The van der Waals surface area contributed by atoms with Gasteiger partial charge in [0.25, 0.3) is 10.2 Å². The summed E-state index contributed by atoms with van der Waals surface area (Å²) in [5, 5.41) is 9.58. The zero-order valence-corrected chi connectivity index (χ0v) is 10.1. The molecule has 7 heteroatoms. The van der Waals surface area contributed by atoms with Crippen LogP contribution in [-0.2, 0) is 23.2 Å². The second-order valence-corrected chi connectivity index (χ2v) is 5.69. The van der Waals surface area contributed by atoms with Crippen LogP contribution in [0.5, 0.6) is 5.75 Å². The van der Waals surface area contributed by atoms with E-state index in [1.807, 2.05) is 0 Å². The summed E-state index contributed by atoms with van der Waals surface area (Å²) < 4.78 is 40.1. The molecule has 0 saturated heterocycles. The molecule has 0 aliphatic carbocycles. The summed E-state index contributed by atoms with van der Waals surface area (Å²) in [7, 11) is -2.25. The molecule has 1 aromatic carbocycles. The van der Waals surface area contributed by atoms with Gasteiger partial charge in [-0.05, 0) is 18.6 Å². The number of phenolic OH excluding ortho intramolecular Hbond substituents is 1. The molecule has 17 heavy (non-hydrogen) atoms. The minimum absolute atomic E-state index is 0.0166. The third-order valence-electron chi connectivity index (χ3n) is 2.89. The van der Waals surface area contributed by atoms with Gasteiger partial charge >= 0.3 is 0 Å². The Bertz CT molecular complexity index is 545. The number of nitrogens with zero attached hydrogens (tertiary/aromatic N) is 1. The molecular formula is C10H13FN2O3S. The molecule has 0 fully saturated rings. The maximum absolute atomic E-state index is 13.6. The Morgan fingerprint density at radius 2 is 2.12 bits per heavy atom. The predicted molar refractivity (Wildman–Crippen MR) is 60.2 cm³/mol. The lowest BCUT2D eigenvalue weighted by molar-refractivity contribution is 0.367. The third-order valence-corrected chi connectivity index (χ3v) is 4.40. The monoisotopic (exact) mass is 260 g/mol. The van der Waals surface area contributed by atoms with Crippen LogP contribution in [0.3, 0.4) is 0 Å². The Hall–Kier alpha value is -1.18. The first-order valence-electron chi connectivity index (χ1n) is 5.13. The van der Waals surface area contributed by atoms with Gasteiger partial charge < -0.3 is 5.11 Å². The van der Waals surface area contributed by atoms with Gasteiger partial charge in [0.15, 0.2) is 0 Å². The summed E-state index contributed by atoms with van der Waals surface area (Å²) in [4.78, 5) is 0. The van der Waals surface area contributed by atoms with E-state index in [4.69, 9.17) is 0 Å². The Morgan fingerprint density at radius 1 is 1.41 bits per heavy atom. The minimum Gasteiger partial charge on any atom is -0.508 e. The summed E-state index contributed by atoms with van der Waals surface area (Å²) in [6.07, 6.45) is 0.305. The Morgan fingerprint density at radius 3 is 2.76 bits per heavy atom.